The van der Waals surface area contributed by atoms with Crippen LogP contribution in [0.15, 0.2) is 71.6 Å². The number of nitrogens with one attached hydrogen (secondary N) is 1. The second-order valence-corrected chi connectivity index (χ2v) is 9.29. The summed E-state index contributed by atoms with van der Waals surface area (Å²) in [5, 5.41) is 2.89. The van der Waals surface area contributed by atoms with Crippen LogP contribution in [0.4, 0.5) is 11.4 Å². The van der Waals surface area contributed by atoms with E-state index in [1.165, 1.54) is 16.4 Å². The summed E-state index contributed by atoms with van der Waals surface area (Å²) < 4.78 is 28.1. The molecule has 0 saturated heterocycles. The Hall–Kier alpha value is -3.12. The lowest BCUT2D eigenvalue weighted by Crippen LogP contribution is -2.38. The highest BCUT2D eigenvalue weighted by atomic mass is 32.2. The highest BCUT2D eigenvalue weighted by Gasteiger charge is 2.28. The number of anilines is 2. The van der Waals surface area contributed by atoms with Crippen molar-refractivity contribution in [1.82, 2.24) is 0 Å². The molecule has 6 heteroatoms. The average Bonchev–Trinajstić information content (AvgIpc) is 2.71. The number of benzene rings is 3. The number of hydrogen-bond acceptors (Lipinski definition) is 3. The second kappa shape index (κ2) is 8.71. The molecule has 0 unspecified atom stereocenters. The topological polar surface area (TPSA) is 66.5 Å². The summed E-state index contributed by atoms with van der Waals surface area (Å²) in [4.78, 5) is 13.1. The summed E-state index contributed by atoms with van der Waals surface area (Å²) in [7, 11) is -3.93. The summed E-state index contributed by atoms with van der Waals surface area (Å²) in [5.74, 6) is -0.396. The quantitative estimate of drug-likeness (QED) is 0.623. The molecule has 1 amide bonds. The van der Waals surface area contributed by atoms with Gasteiger partial charge in [0.25, 0.3) is 10.0 Å². The first-order chi connectivity index (χ1) is 14.2. The molecule has 0 saturated carbocycles. The van der Waals surface area contributed by atoms with E-state index in [4.69, 9.17) is 0 Å². The first-order valence-corrected chi connectivity index (χ1v) is 11.2. The third-order valence-electron chi connectivity index (χ3n) is 5.00. The number of nitrogens with zero attached hydrogens (tertiary/aromatic N) is 1. The third-order valence-corrected chi connectivity index (χ3v) is 6.77. The predicted molar refractivity (Wildman–Crippen MR) is 121 cm³/mol. The number of rotatable bonds is 6. The van der Waals surface area contributed by atoms with Crippen LogP contribution in [0, 0.1) is 27.7 Å². The normalized spacial score (nSPS) is 11.2. The van der Waals surface area contributed by atoms with Crippen LogP contribution in [-0.4, -0.2) is 20.9 Å². The van der Waals surface area contributed by atoms with Gasteiger partial charge in [-0.25, -0.2) is 8.42 Å². The third kappa shape index (κ3) is 4.54. The van der Waals surface area contributed by atoms with Gasteiger partial charge in [0, 0.05) is 5.69 Å². The molecule has 156 valence electrons. The van der Waals surface area contributed by atoms with Crippen LogP contribution in [0.2, 0.25) is 0 Å². The van der Waals surface area contributed by atoms with Gasteiger partial charge in [-0.05, 0) is 68.1 Å². The van der Waals surface area contributed by atoms with E-state index in [2.05, 4.69) is 5.32 Å². The Balaban J connectivity index is 2.02. The van der Waals surface area contributed by atoms with Crippen molar-refractivity contribution in [2.45, 2.75) is 32.6 Å². The van der Waals surface area contributed by atoms with Crippen LogP contribution in [0.3, 0.4) is 0 Å². The van der Waals surface area contributed by atoms with Crippen molar-refractivity contribution in [3.8, 4) is 0 Å². The largest absolute Gasteiger partial charge is 0.324 e. The van der Waals surface area contributed by atoms with Gasteiger partial charge >= 0.3 is 0 Å². The number of hydrogen-bond donors (Lipinski definition) is 1. The summed E-state index contributed by atoms with van der Waals surface area (Å²) >= 11 is 0. The zero-order valence-electron chi connectivity index (χ0n) is 17.6. The van der Waals surface area contributed by atoms with Crippen LogP contribution in [-0.2, 0) is 14.8 Å². The van der Waals surface area contributed by atoms with E-state index >= 15 is 0 Å². The fourth-order valence-corrected chi connectivity index (χ4v) is 4.83. The van der Waals surface area contributed by atoms with Gasteiger partial charge in [-0.1, -0.05) is 48.5 Å². The predicted octanol–water partition coefficient (Wildman–Crippen LogP) is 4.75. The van der Waals surface area contributed by atoms with Gasteiger partial charge in [-0.2, -0.15) is 0 Å². The summed E-state index contributed by atoms with van der Waals surface area (Å²) in [6.45, 7) is 7.23. The average molecular weight is 423 g/mol. The van der Waals surface area contributed by atoms with E-state index in [0.29, 0.717) is 11.4 Å². The SMILES string of the molecule is Cc1ccc(C)c(N(CC(=O)Nc2c(C)cccc2C)S(=O)(=O)c2ccccc2)c1. The molecule has 3 rings (SSSR count). The second-order valence-electron chi connectivity index (χ2n) is 7.43. The van der Waals surface area contributed by atoms with Gasteiger partial charge in [-0.15, -0.1) is 0 Å². The van der Waals surface area contributed by atoms with E-state index < -0.39 is 15.9 Å². The molecule has 1 N–H and O–H groups in total. The number of carbonyl (C=O) groups is 1. The number of amides is 1. The highest BCUT2D eigenvalue weighted by Crippen LogP contribution is 2.28. The lowest BCUT2D eigenvalue weighted by molar-refractivity contribution is -0.114. The Morgan fingerprint density at radius 3 is 2.10 bits per heavy atom. The zero-order chi connectivity index (χ0) is 21.9. The Morgan fingerprint density at radius 2 is 1.47 bits per heavy atom. The van der Waals surface area contributed by atoms with Crippen molar-refractivity contribution >= 4 is 27.3 Å². The van der Waals surface area contributed by atoms with Crippen molar-refractivity contribution in [3.05, 3.63) is 89.0 Å². The minimum atomic E-state index is -3.93. The minimum absolute atomic E-state index is 0.144. The molecule has 0 aliphatic heterocycles. The minimum Gasteiger partial charge on any atom is -0.324 e. The van der Waals surface area contributed by atoms with E-state index in [-0.39, 0.29) is 11.4 Å². The van der Waals surface area contributed by atoms with Gasteiger partial charge < -0.3 is 5.32 Å². The van der Waals surface area contributed by atoms with Crippen LogP contribution >= 0.6 is 0 Å². The van der Waals surface area contributed by atoms with Gasteiger partial charge in [0.1, 0.15) is 6.54 Å². The lowest BCUT2D eigenvalue weighted by atomic mass is 10.1. The molecule has 5 nitrogen and oxygen atoms in total. The molecule has 0 fully saturated rings. The Morgan fingerprint density at radius 1 is 0.833 bits per heavy atom. The van der Waals surface area contributed by atoms with E-state index in [9.17, 15) is 13.2 Å². The van der Waals surface area contributed by atoms with E-state index in [0.717, 1.165) is 22.3 Å². The summed E-state index contributed by atoms with van der Waals surface area (Å²) in [5.41, 5.74) is 4.75. The standard InChI is InChI=1S/C24H26N2O3S/c1-17-13-14-18(2)22(15-17)26(30(28,29)21-11-6-5-7-12-21)16-23(27)25-24-19(3)9-8-10-20(24)4/h5-15H,16H2,1-4H3,(H,25,27). The number of carbonyl (C=O) groups excluding carboxylic acids is 1. The van der Waals surface area contributed by atoms with Crippen molar-refractivity contribution in [1.29, 1.82) is 0 Å². The van der Waals surface area contributed by atoms with Crippen LogP contribution in [0.5, 0.6) is 0 Å². The molecule has 0 aliphatic carbocycles. The Kier molecular flexibility index (Phi) is 6.27. The van der Waals surface area contributed by atoms with E-state index in [1.54, 1.807) is 24.3 Å². The fourth-order valence-electron chi connectivity index (χ4n) is 3.33. The molecular weight excluding hydrogens is 396 g/mol. The first kappa shape index (κ1) is 21.6. The van der Waals surface area contributed by atoms with Gasteiger partial charge in [0.2, 0.25) is 5.91 Å². The molecule has 0 heterocycles. The zero-order valence-corrected chi connectivity index (χ0v) is 18.5. The Bertz CT molecular complexity index is 1150. The summed E-state index contributed by atoms with van der Waals surface area (Å²) in [6, 6.07) is 19.5. The fraction of sp³-hybridized carbons (Fsp3) is 0.208. The van der Waals surface area contributed by atoms with Crippen molar-refractivity contribution < 1.29 is 13.2 Å². The highest BCUT2D eigenvalue weighted by molar-refractivity contribution is 7.92. The molecule has 0 aromatic heterocycles. The van der Waals surface area contributed by atoms with Gasteiger partial charge in [0.05, 0.1) is 10.6 Å². The molecule has 0 radical (unpaired) electrons. The number of aryl methyl sites for hydroxylation is 4. The smallest absolute Gasteiger partial charge is 0.264 e. The van der Waals surface area contributed by atoms with Crippen molar-refractivity contribution in [2.24, 2.45) is 0 Å². The maximum absolute atomic E-state index is 13.5. The molecule has 30 heavy (non-hydrogen) atoms. The number of sulfonamides is 1. The van der Waals surface area contributed by atoms with Crippen molar-refractivity contribution in [2.75, 3.05) is 16.2 Å². The van der Waals surface area contributed by atoms with Gasteiger partial charge in [-0.3, -0.25) is 9.10 Å². The molecule has 0 spiro atoms. The van der Waals surface area contributed by atoms with Crippen LogP contribution in [0.1, 0.15) is 22.3 Å². The molecule has 3 aromatic rings. The number of para-hydroxylation sites is 1. The lowest BCUT2D eigenvalue weighted by Gasteiger charge is -2.26. The monoisotopic (exact) mass is 422 g/mol. The summed E-state index contributed by atoms with van der Waals surface area (Å²) in [6.07, 6.45) is 0. The molecule has 0 bridgehead atoms. The molecular formula is C24H26N2O3S. The van der Waals surface area contributed by atoms with E-state index in [1.807, 2.05) is 58.0 Å². The molecule has 0 atom stereocenters. The maximum Gasteiger partial charge on any atom is 0.264 e. The maximum atomic E-state index is 13.5. The Labute approximate surface area is 178 Å². The van der Waals surface area contributed by atoms with Gasteiger partial charge in [0.15, 0.2) is 0 Å². The molecule has 0 aliphatic rings. The van der Waals surface area contributed by atoms with Crippen molar-refractivity contribution in [3.63, 3.8) is 0 Å². The van der Waals surface area contributed by atoms with Crippen LogP contribution in [0.25, 0.3) is 0 Å². The molecule has 3 aromatic carbocycles. The first-order valence-electron chi connectivity index (χ1n) is 9.71. The van der Waals surface area contributed by atoms with Crippen LogP contribution < -0.4 is 9.62 Å².